The standard InChI is InChI=1S/C13H26N2O/c1-11(9-16-3)8-15-7-6-14-13(2,10-15)12-4-5-12/h11-12,14H,4-10H2,1-3H3. The minimum absolute atomic E-state index is 0.380. The lowest BCUT2D eigenvalue weighted by atomic mass is 9.92. The molecule has 1 aliphatic heterocycles. The van der Waals surface area contributed by atoms with Crippen molar-refractivity contribution >= 4 is 0 Å². The molecular weight excluding hydrogens is 200 g/mol. The van der Waals surface area contributed by atoms with Crippen molar-refractivity contribution in [2.75, 3.05) is 39.9 Å². The number of nitrogens with one attached hydrogen (secondary N) is 1. The molecule has 0 aromatic rings. The molecule has 2 rings (SSSR count). The Morgan fingerprint density at radius 1 is 1.50 bits per heavy atom. The molecule has 0 radical (unpaired) electrons. The molecule has 0 aromatic carbocycles. The number of hydrogen-bond acceptors (Lipinski definition) is 3. The lowest BCUT2D eigenvalue weighted by Gasteiger charge is -2.42. The van der Waals surface area contributed by atoms with E-state index in [1.54, 1.807) is 7.11 Å². The Hall–Kier alpha value is -0.120. The van der Waals surface area contributed by atoms with Crippen LogP contribution < -0.4 is 5.32 Å². The second kappa shape index (κ2) is 5.03. The maximum atomic E-state index is 5.21. The summed E-state index contributed by atoms with van der Waals surface area (Å²) in [5, 5.41) is 3.72. The van der Waals surface area contributed by atoms with Crippen LogP contribution in [-0.2, 0) is 4.74 Å². The summed E-state index contributed by atoms with van der Waals surface area (Å²) in [4.78, 5) is 2.61. The van der Waals surface area contributed by atoms with Crippen LogP contribution in [0.2, 0.25) is 0 Å². The normalized spacial score (nSPS) is 33.9. The van der Waals surface area contributed by atoms with Gasteiger partial charge in [-0.1, -0.05) is 6.92 Å². The highest BCUT2D eigenvalue weighted by molar-refractivity contribution is 5.02. The quantitative estimate of drug-likeness (QED) is 0.766. The van der Waals surface area contributed by atoms with E-state index in [9.17, 15) is 0 Å². The summed E-state index contributed by atoms with van der Waals surface area (Å²) in [6, 6.07) is 0. The van der Waals surface area contributed by atoms with Crippen molar-refractivity contribution in [2.24, 2.45) is 11.8 Å². The summed E-state index contributed by atoms with van der Waals surface area (Å²) in [6.45, 7) is 10.3. The van der Waals surface area contributed by atoms with Crippen molar-refractivity contribution < 1.29 is 4.74 Å². The topological polar surface area (TPSA) is 24.5 Å². The second-order valence-electron chi connectivity index (χ2n) is 5.91. The SMILES string of the molecule is COCC(C)CN1CCNC(C)(C2CC2)C1. The number of ether oxygens (including phenoxy) is 1. The highest BCUT2D eigenvalue weighted by Crippen LogP contribution is 2.40. The van der Waals surface area contributed by atoms with E-state index in [2.05, 4.69) is 24.1 Å². The van der Waals surface area contributed by atoms with Gasteiger partial charge in [0, 0.05) is 45.4 Å². The lowest BCUT2D eigenvalue weighted by Crippen LogP contribution is -2.60. The molecular formula is C13H26N2O. The van der Waals surface area contributed by atoms with E-state index < -0.39 is 0 Å². The predicted octanol–water partition coefficient (Wildman–Crippen LogP) is 1.34. The first kappa shape index (κ1) is 12.3. The number of nitrogens with zero attached hydrogens (tertiary/aromatic N) is 1. The van der Waals surface area contributed by atoms with Gasteiger partial charge in [0.15, 0.2) is 0 Å². The van der Waals surface area contributed by atoms with E-state index in [-0.39, 0.29) is 0 Å². The molecule has 0 amide bonds. The van der Waals surface area contributed by atoms with Crippen LogP contribution >= 0.6 is 0 Å². The summed E-state index contributed by atoms with van der Waals surface area (Å²) < 4.78 is 5.21. The monoisotopic (exact) mass is 226 g/mol. The zero-order valence-electron chi connectivity index (χ0n) is 11.0. The number of piperazine rings is 1. The minimum atomic E-state index is 0.380. The Balaban J connectivity index is 1.81. The average molecular weight is 226 g/mol. The van der Waals surface area contributed by atoms with Crippen LogP contribution in [-0.4, -0.2) is 50.3 Å². The molecule has 2 unspecified atom stereocenters. The van der Waals surface area contributed by atoms with Gasteiger partial charge < -0.3 is 10.1 Å². The Kier molecular flexibility index (Phi) is 3.88. The zero-order chi connectivity index (χ0) is 11.6. The fourth-order valence-electron chi connectivity index (χ4n) is 3.03. The van der Waals surface area contributed by atoms with Crippen LogP contribution in [0.15, 0.2) is 0 Å². The van der Waals surface area contributed by atoms with E-state index in [0.29, 0.717) is 11.5 Å². The Bertz CT molecular complexity index is 230. The molecule has 2 aliphatic rings. The molecule has 3 heteroatoms. The first-order chi connectivity index (χ1) is 7.64. The van der Waals surface area contributed by atoms with E-state index in [1.165, 1.54) is 32.5 Å². The van der Waals surface area contributed by atoms with Gasteiger partial charge in [-0.15, -0.1) is 0 Å². The van der Waals surface area contributed by atoms with Gasteiger partial charge >= 0.3 is 0 Å². The largest absolute Gasteiger partial charge is 0.384 e. The van der Waals surface area contributed by atoms with Crippen LogP contribution in [0.25, 0.3) is 0 Å². The Labute approximate surface area is 99.5 Å². The highest BCUT2D eigenvalue weighted by atomic mass is 16.5. The summed E-state index contributed by atoms with van der Waals surface area (Å²) in [5.74, 6) is 1.57. The van der Waals surface area contributed by atoms with Crippen molar-refractivity contribution in [3.63, 3.8) is 0 Å². The van der Waals surface area contributed by atoms with Crippen molar-refractivity contribution in [1.82, 2.24) is 10.2 Å². The van der Waals surface area contributed by atoms with Gasteiger partial charge in [-0.3, -0.25) is 4.90 Å². The van der Waals surface area contributed by atoms with Gasteiger partial charge in [0.1, 0.15) is 0 Å². The maximum Gasteiger partial charge on any atom is 0.0500 e. The molecule has 0 bridgehead atoms. The molecule has 1 heterocycles. The van der Waals surface area contributed by atoms with E-state index in [4.69, 9.17) is 4.74 Å². The molecule has 0 aromatic heterocycles. The van der Waals surface area contributed by atoms with Crippen LogP contribution in [0.1, 0.15) is 26.7 Å². The fourth-order valence-corrected chi connectivity index (χ4v) is 3.03. The van der Waals surface area contributed by atoms with Gasteiger partial charge in [-0.2, -0.15) is 0 Å². The maximum absolute atomic E-state index is 5.21. The molecule has 1 saturated carbocycles. The molecule has 1 aliphatic carbocycles. The van der Waals surface area contributed by atoms with E-state index in [1.807, 2.05) is 0 Å². The van der Waals surface area contributed by atoms with E-state index >= 15 is 0 Å². The van der Waals surface area contributed by atoms with Crippen LogP contribution in [0, 0.1) is 11.8 Å². The van der Waals surface area contributed by atoms with Crippen molar-refractivity contribution in [3.8, 4) is 0 Å². The fraction of sp³-hybridized carbons (Fsp3) is 1.00. The van der Waals surface area contributed by atoms with Crippen LogP contribution in [0.5, 0.6) is 0 Å². The van der Waals surface area contributed by atoms with Gasteiger partial charge in [0.25, 0.3) is 0 Å². The minimum Gasteiger partial charge on any atom is -0.384 e. The zero-order valence-corrected chi connectivity index (χ0v) is 11.0. The summed E-state index contributed by atoms with van der Waals surface area (Å²) in [7, 11) is 1.79. The molecule has 0 spiro atoms. The first-order valence-corrected chi connectivity index (χ1v) is 6.60. The lowest BCUT2D eigenvalue weighted by molar-refractivity contribution is 0.0860. The molecule has 94 valence electrons. The number of rotatable bonds is 5. The third kappa shape index (κ3) is 2.96. The Morgan fingerprint density at radius 3 is 2.88 bits per heavy atom. The second-order valence-corrected chi connectivity index (χ2v) is 5.91. The van der Waals surface area contributed by atoms with E-state index in [0.717, 1.165) is 19.1 Å². The predicted molar refractivity (Wildman–Crippen MR) is 66.6 cm³/mol. The molecule has 2 fully saturated rings. The summed E-state index contributed by atoms with van der Waals surface area (Å²) in [5.41, 5.74) is 0.380. The van der Waals surface area contributed by atoms with Crippen LogP contribution in [0.3, 0.4) is 0 Å². The molecule has 16 heavy (non-hydrogen) atoms. The van der Waals surface area contributed by atoms with Gasteiger partial charge in [0.2, 0.25) is 0 Å². The van der Waals surface area contributed by atoms with Gasteiger partial charge in [-0.25, -0.2) is 0 Å². The third-order valence-corrected chi connectivity index (χ3v) is 4.01. The molecule has 1 N–H and O–H groups in total. The third-order valence-electron chi connectivity index (χ3n) is 4.01. The van der Waals surface area contributed by atoms with Crippen molar-refractivity contribution in [3.05, 3.63) is 0 Å². The van der Waals surface area contributed by atoms with Crippen molar-refractivity contribution in [2.45, 2.75) is 32.2 Å². The van der Waals surface area contributed by atoms with Gasteiger partial charge in [-0.05, 0) is 31.6 Å². The van der Waals surface area contributed by atoms with Crippen LogP contribution in [0.4, 0.5) is 0 Å². The number of methoxy groups -OCH3 is 1. The smallest absolute Gasteiger partial charge is 0.0500 e. The molecule has 3 nitrogen and oxygen atoms in total. The first-order valence-electron chi connectivity index (χ1n) is 6.60. The highest BCUT2D eigenvalue weighted by Gasteiger charge is 2.43. The molecule has 2 atom stereocenters. The van der Waals surface area contributed by atoms with Gasteiger partial charge in [0.05, 0.1) is 0 Å². The van der Waals surface area contributed by atoms with Crippen molar-refractivity contribution in [1.29, 1.82) is 0 Å². The number of hydrogen-bond donors (Lipinski definition) is 1. The average Bonchev–Trinajstić information content (AvgIpc) is 3.00. The summed E-state index contributed by atoms with van der Waals surface area (Å²) >= 11 is 0. The summed E-state index contributed by atoms with van der Waals surface area (Å²) in [6.07, 6.45) is 2.84. The Morgan fingerprint density at radius 2 is 2.25 bits per heavy atom. The molecule has 1 saturated heterocycles.